The summed E-state index contributed by atoms with van der Waals surface area (Å²) in [6, 6.07) is 13.5. The summed E-state index contributed by atoms with van der Waals surface area (Å²) in [6.07, 6.45) is -0.436. The largest absolute Gasteiger partial charge is 0.494 e. The number of amides is 4. The van der Waals surface area contributed by atoms with Gasteiger partial charge in [-0.1, -0.05) is 23.7 Å². The van der Waals surface area contributed by atoms with Crippen LogP contribution in [0.3, 0.4) is 0 Å². The van der Waals surface area contributed by atoms with Gasteiger partial charge in [0.15, 0.2) is 6.29 Å². The lowest BCUT2D eigenvalue weighted by Crippen LogP contribution is -2.67. The van der Waals surface area contributed by atoms with Gasteiger partial charge in [-0.15, -0.1) is 0 Å². The van der Waals surface area contributed by atoms with E-state index in [2.05, 4.69) is 10.6 Å². The van der Waals surface area contributed by atoms with E-state index >= 15 is 0 Å². The van der Waals surface area contributed by atoms with Crippen LogP contribution in [0.2, 0.25) is 5.02 Å². The van der Waals surface area contributed by atoms with E-state index in [9.17, 15) is 9.59 Å². The SMILES string of the molecule is CCOc1ccc(NC2NC(=O)N(CCCO)C(=O)N2Cc2ccc(Cl)cc2)cc1. The molecule has 0 bridgehead atoms. The lowest BCUT2D eigenvalue weighted by Gasteiger charge is -2.41. The number of carbonyl (C=O) groups is 2. The summed E-state index contributed by atoms with van der Waals surface area (Å²) < 4.78 is 5.45. The monoisotopic (exact) mass is 432 g/mol. The summed E-state index contributed by atoms with van der Waals surface area (Å²) in [7, 11) is 0. The Labute approximate surface area is 180 Å². The highest BCUT2D eigenvalue weighted by Crippen LogP contribution is 2.21. The van der Waals surface area contributed by atoms with Crippen molar-refractivity contribution >= 4 is 29.4 Å². The van der Waals surface area contributed by atoms with Gasteiger partial charge >= 0.3 is 12.1 Å². The predicted octanol–water partition coefficient (Wildman–Crippen LogP) is 3.46. The van der Waals surface area contributed by atoms with E-state index in [1.165, 1.54) is 4.90 Å². The fourth-order valence-electron chi connectivity index (χ4n) is 3.08. The number of halogens is 1. The Bertz CT molecular complexity index is 860. The van der Waals surface area contributed by atoms with Gasteiger partial charge in [-0.2, -0.15) is 0 Å². The molecule has 0 spiro atoms. The minimum atomic E-state index is -0.746. The highest BCUT2D eigenvalue weighted by molar-refractivity contribution is 6.30. The standard InChI is InChI=1S/C21H25ClN4O4/c1-2-30-18-10-8-17(9-11-18)23-19-24-20(28)25(12-3-13-27)21(29)26(19)14-15-4-6-16(22)7-5-15/h4-11,19,23,27H,2-3,12-14H2,1H3,(H,24,28). The highest BCUT2D eigenvalue weighted by atomic mass is 35.5. The number of carbonyl (C=O) groups excluding carboxylic acids is 2. The van der Waals surface area contributed by atoms with Crippen molar-refractivity contribution in [3.8, 4) is 5.75 Å². The van der Waals surface area contributed by atoms with Crippen LogP contribution in [0.5, 0.6) is 5.75 Å². The van der Waals surface area contributed by atoms with E-state index < -0.39 is 18.4 Å². The predicted molar refractivity (Wildman–Crippen MR) is 114 cm³/mol. The van der Waals surface area contributed by atoms with Gasteiger partial charge < -0.3 is 15.2 Å². The van der Waals surface area contributed by atoms with Crippen molar-refractivity contribution in [1.29, 1.82) is 0 Å². The molecule has 30 heavy (non-hydrogen) atoms. The van der Waals surface area contributed by atoms with E-state index in [0.29, 0.717) is 18.1 Å². The Balaban J connectivity index is 1.81. The van der Waals surface area contributed by atoms with Crippen LogP contribution >= 0.6 is 11.6 Å². The van der Waals surface area contributed by atoms with Crippen molar-refractivity contribution < 1.29 is 19.4 Å². The second-order valence-corrected chi connectivity index (χ2v) is 7.16. The number of imide groups is 1. The lowest BCUT2D eigenvalue weighted by molar-refractivity contribution is 0.104. The molecule has 4 amide bonds. The maximum absolute atomic E-state index is 13.1. The molecule has 3 rings (SSSR count). The number of anilines is 1. The number of nitrogens with one attached hydrogen (secondary N) is 2. The van der Waals surface area contributed by atoms with Crippen molar-refractivity contribution in [1.82, 2.24) is 15.1 Å². The molecule has 1 atom stereocenters. The van der Waals surface area contributed by atoms with Gasteiger partial charge in [0.05, 0.1) is 13.2 Å². The fourth-order valence-corrected chi connectivity index (χ4v) is 3.21. The number of hydrogen-bond donors (Lipinski definition) is 3. The number of nitrogens with zero attached hydrogens (tertiary/aromatic N) is 2. The van der Waals surface area contributed by atoms with Crippen LogP contribution in [0.4, 0.5) is 15.3 Å². The molecule has 2 aromatic rings. The number of rotatable bonds is 9. The molecule has 1 heterocycles. The van der Waals surface area contributed by atoms with E-state index in [4.69, 9.17) is 21.4 Å². The summed E-state index contributed by atoms with van der Waals surface area (Å²) in [6.45, 7) is 2.77. The summed E-state index contributed by atoms with van der Waals surface area (Å²) in [4.78, 5) is 28.2. The van der Waals surface area contributed by atoms with Gasteiger partial charge in [-0.3, -0.25) is 10.2 Å². The van der Waals surface area contributed by atoms with Gasteiger partial charge in [0, 0.05) is 23.9 Å². The lowest BCUT2D eigenvalue weighted by atomic mass is 10.2. The molecule has 1 fully saturated rings. The maximum Gasteiger partial charge on any atom is 0.331 e. The Morgan fingerprint density at radius 2 is 1.83 bits per heavy atom. The number of benzene rings is 2. The van der Waals surface area contributed by atoms with Gasteiger partial charge in [-0.25, -0.2) is 14.5 Å². The minimum Gasteiger partial charge on any atom is -0.494 e. The highest BCUT2D eigenvalue weighted by Gasteiger charge is 2.38. The molecule has 8 nitrogen and oxygen atoms in total. The van der Waals surface area contributed by atoms with Crippen LogP contribution in [0.25, 0.3) is 0 Å². The van der Waals surface area contributed by atoms with Crippen LogP contribution in [0.15, 0.2) is 48.5 Å². The number of hydrogen-bond acceptors (Lipinski definition) is 5. The zero-order valence-corrected chi connectivity index (χ0v) is 17.4. The molecule has 2 aromatic carbocycles. The van der Waals surface area contributed by atoms with E-state index in [1.807, 2.05) is 43.3 Å². The van der Waals surface area contributed by atoms with Gasteiger partial charge in [0.1, 0.15) is 5.75 Å². The number of aliphatic hydroxyl groups excluding tert-OH is 1. The Morgan fingerprint density at radius 1 is 1.13 bits per heavy atom. The van der Waals surface area contributed by atoms with Crippen molar-refractivity contribution in [3.05, 3.63) is 59.1 Å². The minimum absolute atomic E-state index is 0.109. The molecule has 160 valence electrons. The van der Waals surface area contributed by atoms with Crippen molar-refractivity contribution in [2.45, 2.75) is 26.2 Å². The van der Waals surface area contributed by atoms with Gasteiger partial charge in [0.25, 0.3) is 0 Å². The summed E-state index contributed by atoms with van der Waals surface area (Å²) in [5.74, 6) is 0.736. The third-order valence-corrected chi connectivity index (χ3v) is 4.82. The smallest absolute Gasteiger partial charge is 0.331 e. The van der Waals surface area contributed by atoms with Crippen molar-refractivity contribution in [2.75, 3.05) is 25.1 Å². The third kappa shape index (κ3) is 5.34. The first kappa shape index (κ1) is 21.7. The van der Waals surface area contributed by atoms with Crippen molar-refractivity contribution in [2.24, 2.45) is 0 Å². The van der Waals surface area contributed by atoms with E-state index in [1.54, 1.807) is 12.1 Å². The maximum atomic E-state index is 13.1. The molecule has 1 saturated heterocycles. The fraction of sp³-hybridized carbons (Fsp3) is 0.333. The van der Waals surface area contributed by atoms with Crippen LogP contribution in [0, 0.1) is 0 Å². The molecule has 1 aliphatic heterocycles. The first-order valence-electron chi connectivity index (χ1n) is 9.75. The Morgan fingerprint density at radius 3 is 2.47 bits per heavy atom. The quantitative estimate of drug-likeness (QED) is 0.564. The molecule has 9 heteroatoms. The number of ether oxygens (including phenoxy) is 1. The summed E-state index contributed by atoms with van der Waals surface area (Å²) >= 11 is 5.96. The summed E-state index contributed by atoms with van der Waals surface area (Å²) in [5.41, 5.74) is 1.59. The van der Waals surface area contributed by atoms with Crippen molar-refractivity contribution in [3.63, 3.8) is 0 Å². The first-order valence-corrected chi connectivity index (χ1v) is 10.1. The van der Waals surface area contributed by atoms with Crippen LogP contribution in [-0.2, 0) is 6.54 Å². The van der Waals surface area contributed by atoms with Gasteiger partial charge in [-0.05, 0) is 55.3 Å². The molecular weight excluding hydrogens is 408 g/mol. The molecule has 0 radical (unpaired) electrons. The molecule has 0 aromatic heterocycles. The van der Waals surface area contributed by atoms with Crippen LogP contribution in [0.1, 0.15) is 18.9 Å². The Kier molecular flexibility index (Phi) is 7.37. The molecule has 0 aliphatic carbocycles. The van der Waals surface area contributed by atoms with Crippen LogP contribution < -0.4 is 15.4 Å². The summed E-state index contributed by atoms with van der Waals surface area (Å²) in [5, 5.41) is 15.7. The topological polar surface area (TPSA) is 94.1 Å². The van der Waals surface area contributed by atoms with E-state index in [-0.39, 0.29) is 19.7 Å². The zero-order valence-electron chi connectivity index (χ0n) is 16.7. The molecule has 1 unspecified atom stereocenters. The third-order valence-electron chi connectivity index (χ3n) is 4.57. The molecule has 1 aliphatic rings. The average Bonchev–Trinajstić information content (AvgIpc) is 2.74. The van der Waals surface area contributed by atoms with Gasteiger partial charge in [0.2, 0.25) is 0 Å². The normalized spacial score (nSPS) is 16.4. The molecule has 3 N–H and O–H groups in total. The average molecular weight is 433 g/mol. The second kappa shape index (κ2) is 10.2. The molecule has 0 saturated carbocycles. The first-order chi connectivity index (χ1) is 14.5. The Hall–Kier alpha value is -2.97. The van der Waals surface area contributed by atoms with Crippen LogP contribution in [-0.4, -0.2) is 53.0 Å². The molecular formula is C21H25ClN4O4. The van der Waals surface area contributed by atoms with E-state index in [0.717, 1.165) is 21.9 Å². The second-order valence-electron chi connectivity index (χ2n) is 6.72. The number of aliphatic hydroxyl groups is 1. The number of urea groups is 2. The zero-order chi connectivity index (χ0) is 21.5.